The van der Waals surface area contributed by atoms with Crippen LogP contribution in [0.5, 0.6) is 5.75 Å². The van der Waals surface area contributed by atoms with E-state index < -0.39 is 23.5 Å². The zero-order valence-electron chi connectivity index (χ0n) is 15.4. The monoisotopic (exact) mass is 485 g/mol. The second-order valence-corrected chi connectivity index (χ2v) is 7.46. The maximum absolute atomic E-state index is 13.8. The summed E-state index contributed by atoms with van der Waals surface area (Å²) in [5, 5.41) is 11.5. The van der Waals surface area contributed by atoms with Crippen LogP contribution < -0.4 is 10.1 Å². The summed E-state index contributed by atoms with van der Waals surface area (Å²) in [7, 11) is 0. The van der Waals surface area contributed by atoms with Gasteiger partial charge in [0.05, 0.1) is 31.9 Å². The summed E-state index contributed by atoms with van der Waals surface area (Å²) in [5.41, 5.74) is -0.00353. The Morgan fingerprint density at radius 2 is 1.61 bits per heavy atom. The first-order valence-corrected chi connectivity index (χ1v) is 9.69. The number of halogens is 5. The molecule has 0 atom stereocenters. The van der Waals surface area contributed by atoms with E-state index in [1.807, 2.05) is 0 Å². The predicted molar refractivity (Wildman–Crippen MR) is 114 cm³/mol. The summed E-state index contributed by atoms with van der Waals surface area (Å²) in [5.74, 6) is -3.18. The number of carboxylic acids is 1. The van der Waals surface area contributed by atoms with Crippen LogP contribution >= 0.6 is 34.8 Å². The molecule has 0 unspecified atom stereocenters. The zero-order valence-corrected chi connectivity index (χ0v) is 17.7. The number of carboxylic acid groups (broad SMARTS) is 1. The number of rotatable bonds is 6. The molecule has 160 valence electrons. The highest BCUT2D eigenvalue weighted by Gasteiger charge is 2.18. The first-order valence-electron chi connectivity index (χ1n) is 8.55. The minimum atomic E-state index is -1.23. The summed E-state index contributed by atoms with van der Waals surface area (Å²) >= 11 is 18.2. The fourth-order valence-electron chi connectivity index (χ4n) is 2.56. The van der Waals surface area contributed by atoms with Gasteiger partial charge in [-0.25, -0.2) is 13.6 Å². The van der Waals surface area contributed by atoms with Crippen molar-refractivity contribution >= 4 is 52.4 Å². The molecule has 31 heavy (non-hydrogen) atoms. The number of carbonyl (C=O) groups is 2. The van der Waals surface area contributed by atoms with Crippen molar-refractivity contribution in [2.45, 2.75) is 6.61 Å². The lowest BCUT2D eigenvalue weighted by Gasteiger charge is -2.13. The highest BCUT2D eigenvalue weighted by molar-refractivity contribution is 6.41. The average Bonchev–Trinajstić information content (AvgIpc) is 2.70. The molecule has 0 aliphatic carbocycles. The van der Waals surface area contributed by atoms with Gasteiger partial charge in [-0.3, -0.25) is 4.79 Å². The van der Waals surface area contributed by atoms with Crippen molar-refractivity contribution < 1.29 is 28.2 Å². The van der Waals surface area contributed by atoms with E-state index in [-0.39, 0.29) is 49.8 Å². The number of amides is 1. The molecule has 0 aliphatic rings. The van der Waals surface area contributed by atoms with Gasteiger partial charge in [0.2, 0.25) is 0 Å². The Morgan fingerprint density at radius 1 is 0.935 bits per heavy atom. The van der Waals surface area contributed by atoms with Crippen molar-refractivity contribution in [3.8, 4) is 5.75 Å². The van der Waals surface area contributed by atoms with Gasteiger partial charge in [0, 0.05) is 11.6 Å². The van der Waals surface area contributed by atoms with Crippen LogP contribution in [0.25, 0.3) is 0 Å². The van der Waals surface area contributed by atoms with Crippen LogP contribution in [-0.4, -0.2) is 17.0 Å². The normalized spacial score (nSPS) is 10.6. The summed E-state index contributed by atoms with van der Waals surface area (Å²) in [6.45, 7) is -0.205. The second-order valence-electron chi connectivity index (χ2n) is 6.24. The highest BCUT2D eigenvalue weighted by atomic mass is 35.5. The van der Waals surface area contributed by atoms with E-state index in [9.17, 15) is 18.4 Å². The molecule has 0 radical (unpaired) electrons. The number of ether oxygens (including phenoxy) is 1. The molecule has 3 aromatic carbocycles. The van der Waals surface area contributed by atoms with Crippen LogP contribution in [0.4, 0.5) is 14.5 Å². The third-order valence-electron chi connectivity index (χ3n) is 4.12. The molecule has 0 saturated carbocycles. The van der Waals surface area contributed by atoms with Gasteiger partial charge < -0.3 is 15.2 Å². The van der Waals surface area contributed by atoms with Gasteiger partial charge >= 0.3 is 5.97 Å². The number of hydrogen-bond acceptors (Lipinski definition) is 3. The summed E-state index contributed by atoms with van der Waals surface area (Å²) < 4.78 is 32.2. The predicted octanol–water partition coefficient (Wildman–Crippen LogP) is 6.45. The van der Waals surface area contributed by atoms with E-state index in [1.54, 1.807) is 0 Å². The molecule has 0 aromatic heterocycles. The third-order valence-corrected chi connectivity index (χ3v) is 5.05. The summed E-state index contributed by atoms with van der Waals surface area (Å²) in [6, 6.07) is 9.58. The first-order chi connectivity index (χ1) is 14.7. The molecule has 0 bridgehead atoms. The van der Waals surface area contributed by atoms with E-state index in [1.165, 1.54) is 24.3 Å². The van der Waals surface area contributed by atoms with E-state index in [0.29, 0.717) is 0 Å². The van der Waals surface area contributed by atoms with E-state index in [4.69, 9.17) is 44.6 Å². The number of carbonyl (C=O) groups excluding carboxylic acids is 1. The van der Waals surface area contributed by atoms with Gasteiger partial charge in [0.25, 0.3) is 5.91 Å². The minimum absolute atomic E-state index is 0.00758. The van der Waals surface area contributed by atoms with Gasteiger partial charge in [-0.2, -0.15) is 0 Å². The van der Waals surface area contributed by atoms with Crippen LogP contribution in [0.3, 0.4) is 0 Å². The molecule has 0 aliphatic heterocycles. The number of aromatic carboxylic acids is 1. The number of nitrogens with one attached hydrogen (secondary N) is 1. The molecule has 3 rings (SSSR count). The molecule has 0 spiro atoms. The Kier molecular flexibility index (Phi) is 7.00. The van der Waals surface area contributed by atoms with Crippen molar-refractivity contribution in [1.82, 2.24) is 0 Å². The Morgan fingerprint density at radius 3 is 2.23 bits per heavy atom. The number of anilines is 1. The zero-order chi connectivity index (χ0) is 22.7. The van der Waals surface area contributed by atoms with E-state index in [2.05, 4.69) is 5.32 Å². The molecular formula is C21H12Cl3F2NO4. The maximum atomic E-state index is 13.8. The van der Waals surface area contributed by atoms with Gasteiger partial charge in [0.1, 0.15) is 24.0 Å². The van der Waals surface area contributed by atoms with Crippen molar-refractivity contribution in [3.05, 3.63) is 91.9 Å². The fraction of sp³-hybridized carbons (Fsp3) is 0.0476. The van der Waals surface area contributed by atoms with Crippen molar-refractivity contribution in [1.29, 1.82) is 0 Å². The van der Waals surface area contributed by atoms with Crippen molar-refractivity contribution in [3.63, 3.8) is 0 Å². The first kappa shape index (κ1) is 22.8. The van der Waals surface area contributed by atoms with Crippen molar-refractivity contribution in [2.24, 2.45) is 0 Å². The van der Waals surface area contributed by atoms with Crippen LogP contribution in [0.15, 0.2) is 48.5 Å². The second kappa shape index (κ2) is 9.51. The van der Waals surface area contributed by atoms with Gasteiger partial charge in [0.15, 0.2) is 0 Å². The van der Waals surface area contributed by atoms with Crippen LogP contribution in [-0.2, 0) is 6.61 Å². The lowest BCUT2D eigenvalue weighted by Crippen LogP contribution is -2.14. The van der Waals surface area contributed by atoms with Crippen LogP contribution in [0.2, 0.25) is 15.1 Å². The lowest BCUT2D eigenvalue weighted by atomic mass is 10.1. The summed E-state index contributed by atoms with van der Waals surface area (Å²) in [4.78, 5) is 23.8. The quantitative estimate of drug-likeness (QED) is 0.420. The van der Waals surface area contributed by atoms with Crippen molar-refractivity contribution in [2.75, 3.05) is 5.32 Å². The average molecular weight is 487 g/mol. The van der Waals surface area contributed by atoms with Crippen LogP contribution in [0, 0.1) is 11.6 Å². The maximum Gasteiger partial charge on any atom is 0.335 e. The van der Waals surface area contributed by atoms with Gasteiger partial charge in [-0.1, -0.05) is 34.8 Å². The largest absolute Gasteiger partial charge is 0.489 e. The van der Waals surface area contributed by atoms with Gasteiger partial charge in [-0.05, 0) is 42.5 Å². The smallest absolute Gasteiger partial charge is 0.335 e. The van der Waals surface area contributed by atoms with E-state index in [0.717, 1.165) is 24.3 Å². The van der Waals surface area contributed by atoms with E-state index >= 15 is 0 Å². The Labute approximate surface area is 190 Å². The van der Waals surface area contributed by atoms with Gasteiger partial charge in [-0.15, -0.1) is 0 Å². The molecule has 1 amide bonds. The Balaban J connectivity index is 1.80. The molecule has 5 nitrogen and oxygen atoms in total. The molecule has 10 heteroatoms. The number of benzene rings is 3. The Bertz CT molecular complexity index is 1160. The Hall–Kier alpha value is -2.87. The lowest BCUT2D eigenvalue weighted by molar-refractivity contribution is 0.0696. The molecule has 3 aromatic rings. The highest BCUT2D eigenvalue weighted by Crippen LogP contribution is 2.33. The molecule has 0 heterocycles. The molecule has 0 saturated heterocycles. The minimum Gasteiger partial charge on any atom is -0.489 e. The summed E-state index contributed by atoms with van der Waals surface area (Å²) in [6.07, 6.45) is 0. The van der Waals surface area contributed by atoms with Crippen LogP contribution in [0.1, 0.15) is 26.3 Å². The molecule has 0 fully saturated rings. The standard InChI is InChI=1S/C21H12Cl3F2NO4/c22-15-4-3-13(31-9-10-1-2-12(25)7-18(10)26)8-14(15)20(28)27-19-16(23)5-11(21(29)30)6-17(19)24/h1-8H,9H2,(H,27,28)(H,29,30). The topological polar surface area (TPSA) is 75.6 Å². The fourth-order valence-corrected chi connectivity index (χ4v) is 3.35. The molecular weight excluding hydrogens is 475 g/mol. The number of hydrogen-bond donors (Lipinski definition) is 2. The SMILES string of the molecule is O=C(O)c1cc(Cl)c(NC(=O)c2cc(OCc3ccc(F)cc3F)ccc2Cl)c(Cl)c1. The molecule has 2 N–H and O–H groups in total. The third kappa shape index (κ3) is 5.44.